The Bertz CT molecular complexity index is 630. The molecule has 0 radical (unpaired) electrons. The van der Waals surface area contributed by atoms with E-state index < -0.39 is 10.0 Å². The van der Waals surface area contributed by atoms with Crippen molar-refractivity contribution in [1.29, 1.82) is 10.5 Å². The van der Waals surface area contributed by atoms with Crippen LogP contribution in [0, 0.1) is 22.7 Å². The number of nitrogens with zero attached hydrogens (tertiary/aromatic N) is 3. The number of halogens is 1. The van der Waals surface area contributed by atoms with E-state index in [2.05, 4.69) is 15.9 Å². The van der Waals surface area contributed by atoms with Crippen molar-refractivity contribution < 1.29 is 13.2 Å². The zero-order valence-electron chi connectivity index (χ0n) is 10.00. The van der Waals surface area contributed by atoms with Gasteiger partial charge in [-0.2, -0.15) is 14.8 Å². The molecular weight excluding hydrogens is 334 g/mol. The lowest BCUT2D eigenvalue weighted by Gasteiger charge is -2.16. The molecule has 0 atom stereocenters. The van der Waals surface area contributed by atoms with E-state index in [-0.39, 0.29) is 18.0 Å². The van der Waals surface area contributed by atoms with Gasteiger partial charge in [-0.15, -0.1) is 0 Å². The Kier molecular flexibility index (Phi) is 5.31. The Labute approximate surface area is 120 Å². The molecule has 0 bridgehead atoms. The van der Waals surface area contributed by atoms with E-state index in [4.69, 9.17) is 15.3 Å². The monoisotopic (exact) mass is 343 g/mol. The number of rotatable bonds is 5. The summed E-state index contributed by atoms with van der Waals surface area (Å²) in [6, 6.07) is 7.68. The summed E-state index contributed by atoms with van der Waals surface area (Å²) in [6.07, 6.45) is 0. The highest BCUT2D eigenvalue weighted by Crippen LogP contribution is 2.28. The minimum absolute atomic E-state index is 0.00863. The third-order valence-corrected chi connectivity index (χ3v) is 4.66. The normalized spacial score (nSPS) is 10.8. The molecule has 1 rings (SSSR count). The SMILES string of the molecule is COc1ccc(S(=O)(=O)N(CC#N)CC#N)cc1Br. The third-order valence-electron chi connectivity index (χ3n) is 2.26. The Morgan fingerprint density at radius 3 is 2.32 bits per heavy atom. The minimum Gasteiger partial charge on any atom is -0.496 e. The van der Waals surface area contributed by atoms with Crippen molar-refractivity contribution in [2.45, 2.75) is 4.90 Å². The molecule has 19 heavy (non-hydrogen) atoms. The van der Waals surface area contributed by atoms with Crippen LogP contribution in [0.4, 0.5) is 0 Å². The van der Waals surface area contributed by atoms with Crippen molar-refractivity contribution in [2.75, 3.05) is 20.2 Å². The first-order valence-electron chi connectivity index (χ1n) is 5.05. The fourth-order valence-electron chi connectivity index (χ4n) is 1.34. The molecular formula is C11H10BrN3O3S. The Morgan fingerprint density at radius 1 is 1.32 bits per heavy atom. The number of methoxy groups -OCH3 is 1. The fraction of sp³-hybridized carbons (Fsp3) is 0.273. The van der Waals surface area contributed by atoms with E-state index in [1.165, 1.54) is 25.3 Å². The molecule has 0 amide bonds. The molecule has 0 aliphatic heterocycles. The van der Waals surface area contributed by atoms with Gasteiger partial charge >= 0.3 is 0 Å². The predicted molar refractivity (Wildman–Crippen MR) is 70.7 cm³/mol. The maximum atomic E-state index is 12.2. The minimum atomic E-state index is -3.87. The first kappa shape index (κ1) is 15.4. The summed E-state index contributed by atoms with van der Waals surface area (Å²) in [6.45, 7) is -0.751. The molecule has 0 aliphatic rings. The van der Waals surface area contributed by atoms with Crippen molar-refractivity contribution >= 4 is 26.0 Å². The summed E-state index contributed by atoms with van der Waals surface area (Å²) < 4.78 is 30.7. The molecule has 0 heterocycles. The lowest BCUT2D eigenvalue weighted by molar-refractivity contribution is 0.411. The van der Waals surface area contributed by atoms with Gasteiger partial charge in [-0.25, -0.2) is 8.42 Å². The first-order valence-corrected chi connectivity index (χ1v) is 7.28. The Balaban J connectivity index is 3.23. The molecule has 6 nitrogen and oxygen atoms in total. The highest BCUT2D eigenvalue weighted by molar-refractivity contribution is 9.10. The lowest BCUT2D eigenvalue weighted by Crippen LogP contribution is -2.31. The standard InChI is InChI=1S/C11H10BrN3O3S/c1-18-11-3-2-9(8-10(11)12)19(16,17)15(6-4-13)7-5-14/h2-3,8H,6-7H2,1H3. The first-order chi connectivity index (χ1) is 8.97. The molecule has 0 aliphatic carbocycles. The van der Waals surface area contributed by atoms with Crippen LogP contribution >= 0.6 is 15.9 Å². The third kappa shape index (κ3) is 3.44. The maximum absolute atomic E-state index is 12.2. The maximum Gasteiger partial charge on any atom is 0.245 e. The van der Waals surface area contributed by atoms with Crippen LogP contribution < -0.4 is 4.74 Å². The number of ether oxygens (including phenoxy) is 1. The van der Waals surface area contributed by atoms with Crippen molar-refractivity contribution in [3.63, 3.8) is 0 Å². The fourth-order valence-corrected chi connectivity index (χ4v) is 3.29. The highest BCUT2D eigenvalue weighted by Gasteiger charge is 2.24. The van der Waals surface area contributed by atoms with Gasteiger partial charge in [0.05, 0.1) is 28.6 Å². The van der Waals surface area contributed by atoms with E-state index in [0.29, 0.717) is 10.2 Å². The van der Waals surface area contributed by atoms with E-state index in [0.717, 1.165) is 4.31 Å². The van der Waals surface area contributed by atoms with Gasteiger partial charge in [-0.1, -0.05) is 0 Å². The Hall–Kier alpha value is -1.61. The summed E-state index contributed by atoms with van der Waals surface area (Å²) in [5.41, 5.74) is 0. The predicted octanol–water partition coefficient (Wildman–Crippen LogP) is 1.50. The van der Waals surface area contributed by atoms with Crippen molar-refractivity contribution in [3.05, 3.63) is 22.7 Å². The second-order valence-electron chi connectivity index (χ2n) is 3.39. The van der Waals surface area contributed by atoms with Gasteiger partial charge in [0.15, 0.2) is 0 Å². The van der Waals surface area contributed by atoms with Gasteiger partial charge in [0.1, 0.15) is 18.8 Å². The molecule has 0 saturated heterocycles. The largest absolute Gasteiger partial charge is 0.496 e. The van der Waals surface area contributed by atoms with Crippen LogP contribution in [-0.4, -0.2) is 32.9 Å². The van der Waals surface area contributed by atoms with E-state index in [1.54, 1.807) is 12.1 Å². The Morgan fingerprint density at radius 2 is 1.89 bits per heavy atom. The highest BCUT2D eigenvalue weighted by atomic mass is 79.9. The molecule has 1 aromatic carbocycles. The topological polar surface area (TPSA) is 94.2 Å². The molecule has 0 unspecified atom stereocenters. The second-order valence-corrected chi connectivity index (χ2v) is 6.18. The van der Waals surface area contributed by atoms with E-state index in [9.17, 15) is 8.42 Å². The van der Waals surface area contributed by atoms with Crippen LogP contribution in [0.3, 0.4) is 0 Å². The average molecular weight is 344 g/mol. The van der Waals surface area contributed by atoms with Gasteiger partial charge in [0, 0.05) is 0 Å². The van der Waals surface area contributed by atoms with Crippen molar-refractivity contribution in [2.24, 2.45) is 0 Å². The molecule has 0 saturated carbocycles. The van der Waals surface area contributed by atoms with Crippen LogP contribution in [0.5, 0.6) is 5.75 Å². The van der Waals surface area contributed by atoms with Crippen LogP contribution in [0.15, 0.2) is 27.6 Å². The summed E-state index contributed by atoms with van der Waals surface area (Å²) in [5.74, 6) is 0.492. The van der Waals surface area contributed by atoms with Crippen molar-refractivity contribution in [3.8, 4) is 17.9 Å². The van der Waals surface area contributed by atoms with Gasteiger partial charge < -0.3 is 4.74 Å². The number of benzene rings is 1. The van der Waals surface area contributed by atoms with E-state index in [1.807, 2.05) is 0 Å². The molecule has 0 spiro atoms. The van der Waals surface area contributed by atoms with E-state index >= 15 is 0 Å². The van der Waals surface area contributed by atoms with Crippen LogP contribution in [0.2, 0.25) is 0 Å². The van der Waals surface area contributed by atoms with Gasteiger partial charge in [0.25, 0.3) is 0 Å². The average Bonchev–Trinajstić information content (AvgIpc) is 2.38. The second kappa shape index (κ2) is 6.53. The van der Waals surface area contributed by atoms with Crippen LogP contribution in [0.1, 0.15) is 0 Å². The molecule has 0 N–H and O–H groups in total. The van der Waals surface area contributed by atoms with Crippen molar-refractivity contribution in [1.82, 2.24) is 4.31 Å². The summed E-state index contributed by atoms with van der Waals surface area (Å²) in [4.78, 5) is -0.00863. The van der Waals surface area contributed by atoms with Crippen LogP contribution in [0.25, 0.3) is 0 Å². The number of hydrogen-bond donors (Lipinski definition) is 0. The summed E-state index contributed by atoms with van der Waals surface area (Å²) >= 11 is 3.19. The summed E-state index contributed by atoms with van der Waals surface area (Å²) in [7, 11) is -2.41. The molecule has 0 fully saturated rings. The molecule has 100 valence electrons. The quantitative estimate of drug-likeness (QED) is 0.755. The van der Waals surface area contributed by atoms with Gasteiger partial charge in [-0.3, -0.25) is 0 Å². The molecule has 1 aromatic rings. The molecule has 0 aromatic heterocycles. The number of sulfonamides is 1. The zero-order chi connectivity index (χ0) is 14.5. The number of nitriles is 2. The van der Waals surface area contributed by atoms with Gasteiger partial charge in [-0.05, 0) is 34.1 Å². The lowest BCUT2D eigenvalue weighted by atomic mass is 10.3. The zero-order valence-corrected chi connectivity index (χ0v) is 12.4. The van der Waals surface area contributed by atoms with Crippen LogP contribution in [-0.2, 0) is 10.0 Å². The smallest absolute Gasteiger partial charge is 0.245 e. The molecule has 8 heteroatoms. The van der Waals surface area contributed by atoms with Gasteiger partial charge in [0.2, 0.25) is 10.0 Å². The number of hydrogen-bond acceptors (Lipinski definition) is 5. The summed E-state index contributed by atoms with van der Waals surface area (Å²) in [5, 5.41) is 17.2.